The molecule has 0 aliphatic carbocycles. The fourth-order valence-corrected chi connectivity index (χ4v) is 2.89. The molecule has 2 rings (SSSR count). The molecule has 3 nitrogen and oxygen atoms in total. The van der Waals surface area contributed by atoms with Crippen molar-refractivity contribution in [1.29, 1.82) is 0 Å². The Balaban J connectivity index is 2.04. The number of amides is 1. The van der Waals surface area contributed by atoms with Crippen molar-refractivity contribution in [3.63, 3.8) is 0 Å². The second kappa shape index (κ2) is 7.03. The molecule has 116 valence electrons. The molecule has 2 unspecified atom stereocenters. The number of nitrogens with zero attached hydrogens (tertiary/aromatic N) is 1. The van der Waals surface area contributed by atoms with Crippen molar-refractivity contribution >= 4 is 5.91 Å². The fraction of sp³-hybridized carbons (Fsp3) is 0.588. The molecule has 1 saturated heterocycles. The summed E-state index contributed by atoms with van der Waals surface area (Å²) in [7, 11) is 0. The van der Waals surface area contributed by atoms with Gasteiger partial charge in [0.05, 0.1) is 6.42 Å². The van der Waals surface area contributed by atoms with Crippen LogP contribution in [-0.4, -0.2) is 36.0 Å². The van der Waals surface area contributed by atoms with Gasteiger partial charge in [0.25, 0.3) is 0 Å². The van der Waals surface area contributed by atoms with Gasteiger partial charge in [0, 0.05) is 25.2 Å². The first kappa shape index (κ1) is 16.0. The van der Waals surface area contributed by atoms with Crippen LogP contribution in [0.25, 0.3) is 0 Å². The first-order valence-corrected chi connectivity index (χ1v) is 7.73. The molecular weight excluding hydrogens is 267 g/mol. The van der Waals surface area contributed by atoms with Gasteiger partial charge in [-0.25, -0.2) is 4.39 Å². The first-order chi connectivity index (χ1) is 9.95. The van der Waals surface area contributed by atoms with Gasteiger partial charge in [0.15, 0.2) is 0 Å². The van der Waals surface area contributed by atoms with Gasteiger partial charge in [-0.1, -0.05) is 26.0 Å². The van der Waals surface area contributed by atoms with E-state index in [1.54, 1.807) is 12.1 Å². The van der Waals surface area contributed by atoms with Crippen molar-refractivity contribution in [2.45, 2.75) is 45.7 Å². The van der Waals surface area contributed by atoms with E-state index in [4.69, 9.17) is 0 Å². The second-order valence-corrected chi connectivity index (χ2v) is 6.44. The van der Waals surface area contributed by atoms with E-state index in [0.29, 0.717) is 18.4 Å². The summed E-state index contributed by atoms with van der Waals surface area (Å²) in [6.45, 7) is 8.07. The molecule has 0 radical (unpaired) electrons. The molecule has 1 aliphatic heterocycles. The number of benzene rings is 1. The maximum Gasteiger partial charge on any atom is 0.227 e. The molecule has 1 aromatic carbocycles. The fourth-order valence-electron chi connectivity index (χ4n) is 2.89. The van der Waals surface area contributed by atoms with E-state index in [-0.39, 0.29) is 17.8 Å². The molecule has 1 heterocycles. The van der Waals surface area contributed by atoms with E-state index in [1.165, 1.54) is 12.1 Å². The number of piperazine rings is 1. The number of carbonyl (C=O) groups is 1. The van der Waals surface area contributed by atoms with Gasteiger partial charge in [-0.2, -0.15) is 0 Å². The van der Waals surface area contributed by atoms with Crippen molar-refractivity contribution in [1.82, 2.24) is 10.2 Å². The van der Waals surface area contributed by atoms with E-state index in [1.807, 2.05) is 4.90 Å². The molecule has 1 aliphatic rings. The maximum absolute atomic E-state index is 12.9. The summed E-state index contributed by atoms with van der Waals surface area (Å²) < 4.78 is 12.9. The predicted molar refractivity (Wildman–Crippen MR) is 82.5 cm³/mol. The lowest BCUT2D eigenvalue weighted by Crippen LogP contribution is -2.58. The summed E-state index contributed by atoms with van der Waals surface area (Å²) in [5.41, 5.74) is 0.871. The Morgan fingerprint density at radius 1 is 1.38 bits per heavy atom. The smallest absolute Gasteiger partial charge is 0.227 e. The van der Waals surface area contributed by atoms with Crippen LogP contribution in [0.5, 0.6) is 0 Å². The van der Waals surface area contributed by atoms with Crippen LogP contribution in [0.3, 0.4) is 0 Å². The molecule has 1 N–H and O–H groups in total. The highest BCUT2D eigenvalue weighted by Crippen LogP contribution is 2.17. The van der Waals surface area contributed by atoms with Crippen molar-refractivity contribution in [2.24, 2.45) is 5.92 Å². The Labute approximate surface area is 126 Å². The zero-order valence-corrected chi connectivity index (χ0v) is 13.1. The molecule has 0 spiro atoms. The zero-order valence-electron chi connectivity index (χ0n) is 13.1. The third-order valence-corrected chi connectivity index (χ3v) is 3.95. The topological polar surface area (TPSA) is 32.3 Å². The summed E-state index contributed by atoms with van der Waals surface area (Å²) in [6, 6.07) is 6.79. The average molecular weight is 292 g/mol. The zero-order chi connectivity index (χ0) is 15.4. The summed E-state index contributed by atoms with van der Waals surface area (Å²) in [5, 5.41) is 3.45. The lowest BCUT2D eigenvalue weighted by molar-refractivity contribution is -0.134. The molecule has 2 atom stereocenters. The van der Waals surface area contributed by atoms with Crippen LogP contribution in [0.2, 0.25) is 0 Å². The first-order valence-electron chi connectivity index (χ1n) is 7.73. The molecule has 1 amide bonds. The van der Waals surface area contributed by atoms with E-state index in [0.717, 1.165) is 25.1 Å². The highest BCUT2D eigenvalue weighted by Gasteiger charge is 2.29. The van der Waals surface area contributed by atoms with Crippen LogP contribution in [0, 0.1) is 11.7 Å². The van der Waals surface area contributed by atoms with E-state index in [2.05, 4.69) is 26.1 Å². The number of nitrogens with one attached hydrogen (secondary N) is 1. The minimum atomic E-state index is -0.264. The van der Waals surface area contributed by atoms with Crippen molar-refractivity contribution in [3.05, 3.63) is 35.6 Å². The Morgan fingerprint density at radius 3 is 2.67 bits per heavy atom. The minimum Gasteiger partial charge on any atom is -0.337 e. The van der Waals surface area contributed by atoms with Gasteiger partial charge in [-0.3, -0.25) is 4.79 Å². The SMILES string of the molecule is CC(C)CC1CNC(C)CN1C(=O)Cc1ccc(F)cc1. The second-order valence-electron chi connectivity index (χ2n) is 6.44. The van der Waals surface area contributed by atoms with Crippen molar-refractivity contribution < 1.29 is 9.18 Å². The van der Waals surface area contributed by atoms with Crippen LogP contribution in [-0.2, 0) is 11.2 Å². The molecular formula is C17H25FN2O. The third-order valence-electron chi connectivity index (χ3n) is 3.95. The average Bonchev–Trinajstić information content (AvgIpc) is 2.43. The van der Waals surface area contributed by atoms with E-state index in [9.17, 15) is 9.18 Å². The summed E-state index contributed by atoms with van der Waals surface area (Å²) in [4.78, 5) is 14.6. The molecule has 21 heavy (non-hydrogen) atoms. The standard InChI is InChI=1S/C17H25FN2O/c1-12(2)8-16-10-19-13(3)11-20(16)17(21)9-14-4-6-15(18)7-5-14/h4-7,12-13,16,19H,8-11H2,1-3H3. The summed E-state index contributed by atoms with van der Waals surface area (Å²) in [5.74, 6) is 0.437. The van der Waals surface area contributed by atoms with Crippen LogP contribution in [0.15, 0.2) is 24.3 Å². The van der Waals surface area contributed by atoms with Gasteiger partial charge < -0.3 is 10.2 Å². The highest BCUT2D eigenvalue weighted by atomic mass is 19.1. The highest BCUT2D eigenvalue weighted by molar-refractivity contribution is 5.79. The lowest BCUT2D eigenvalue weighted by atomic mass is 9.98. The van der Waals surface area contributed by atoms with Gasteiger partial charge in [0.1, 0.15) is 5.82 Å². The molecule has 1 aromatic rings. The van der Waals surface area contributed by atoms with Gasteiger partial charge in [-0.05, 0) is 37.0 Å². The van der Waals surface area contributed by atoms with E-state index >= 15 is 0 Å². The Hall–Kier alpha value is -1.42. The number of hydrogen-bond acceptors (Lipinski definition) is 2. The lowest BCUT2D eigenvalue weighted by Gasteiger charge is -2.40. The van der Waals surface area contributed by atoms with Crippen LogP contribution < -0.4 is 5.32 Å². The quantitative estimate of drug-likeness (QED) is 0.925. The Kier molecular flexibility index (Phi) is 5.34. The van der Waals surface area contributed by atoms with Crippen molar-refractivity contribution in [3.8, 4) is 0 Å². The molecule has 0 saturated carbocycles. The minimum absolute atomic E-state index is 0.139. The van der Waals surface area contributed by atoms with Gasteiger partial charge >= 0.3 is 0 Å². The number of carbonyl (C=O) groups excluding carboxylic acids is 1. The number of rotatable bonds is 4. The largest absolute Gasteiger partial charge is 0.337 e. The molecule has 4 heteroatoms. The summed E-state index contributed by atoms with van der Waals surface area (Å²) in [6.07, 6.45) is 1.36. The van der Waals surface area contributed by atoms with Crippen LogP contribution in [0.4, 0.5) is 4.39 Å². The van der Waals surface area contributed by atoms with Gasteiger partial charge in [-0.15, -0.1) is 0 Å². The Bertz CT molecular complexity index is 472. The van der Waals surface area contributed by atoms with Gasteiger partial charge in [0.2, 0.25) is 5.91 Å². The predicted octanol–water partition coefficient (Wildman–Crippen LogP) is 2.60. The third kappa shape index (κ3) is 4.53. The monoisotopic (exact) mass is 292 g/mol. The Morgan fingerprint density at radius 2 is 2.05 bits per heavy atom. The molecule has 0 aromatic heterocycles. The van der Waals surface area contributed by atoms with E-state index < -0.39 is 0 Å². The number of hydrogen-bond donors (Lipinski definition) is 1. The summed E-state index contributed by atoms with van der Waals surface area (Å²) >= 11 is 0. The molecule has 1 fully saturated rings. The maximum atomic E-state index is 12.9. The molecule has 0 bridgehead atoms. The van der Waals surface area contributed by atoms with Crippen LogP contribution in [0.1, 0.15) is 32.8 Å². The van der Waals surface area contributed by atoms with Crippen LogP contribution >= 0.6 is 0 Å². The normalized spacial score (nSPS) is 22.6. The number of halogens is 1. The van der Waals surface area contributed by atoms with Crippen molar-refractivity contribution in [2.75, 3.05) is 13.1 Å².